The first-order valence-electron chi connectivity index (χ1n) is 6.90. The van der Waals surface area contributed by atoms with Crippen molar-refractivity contribution in [1.82, 2.24) is 10.6 Å². The smallest absolute Gasteiger partial charge is 0.191 e. The average molecular weight is 458 g/mol. The lowest BCUT2D eigenvalue weighted by Gasteiger charge is -2.16. The van der Waals surface area contributed by atoms with Gasteiger partial charge in [0.25, 0.3) is 0 Å². The molecule has 2 rings (SSSR count). The Morgan fingerprint density at radius 1 is 1.36 bits per heavy atom. The highest BCUT2D eigenvalue weighted by molar-refractivity contribution is 14.0. The van der Waals surface area contributed by atoms with E-state index < -0.39 is 9.84 Å². The van der Waals surface area contributed by atoms with Crippen molar-refractivity contribution in [2.24, 2.45) is 4.99 Å². The fourth-order valence-electron chi connectivity index (χ4n) is 2.27. The van der Waals surface area contributed by atoms with Gasteiger partial charge < -0.3 is 10.6 Å². The summed E-state index contributed by atoms with van der Waals surface area (Å²) in [5.41, 5.74) is 1.19. The van der Waals surface area contributed by atoms with Crippen LogP contribution in [0.1, 0.15) is 12.0 Å². The maximum atomic E-state index is 11.4. The van der Waals surface area contributed by atoms with Crippen molar-refractivity contribution in [1.29, 1.82) is 0 Å². The van der Waals surface area contributed by atoms with Crippen LogP contribution in [-0.4, -0.2) is 45.5 Å². The third kappa shape index (κ3) is 6.29. The molecule has 2 N–H and O–H groups in total. The Labute approximate surface area is 153 Å². The third-order valence-corrected chi connectivity index (χ3v) is 5.44. The van der Waals surface area contributed by atoms with Gasteiger partial charge in [0, 0.05) is 24.7 Å². The van der Waals surface area contributed by atoms with Gasteiger partial charge in [0.2, 0.25) is 0 Å². The minimum absolute atomic E-state index is 0. The molecular formula is C14H21ClIN3O2S. The van der Waals surface area contributed by atoms with E-state index in [2.05, 4.69) is 15.6 Å². The summed E-state index contributed by atoms with van der Waals surface area (Å²) in [4.78, 5) is 4.12. The maximum Gasteiger partial charge on any atom is 0.191 e. The fraction of sp³-hybridized carbons (Fsp3) is 0.500. The van der Waals surface area contributed by atoms with E-state index in [1.165, 1.54) is 5.56 Å². The second-order valence-corrected chi connectivity index (χ2v) is 7.78. The van der Waals surface area contributed by atoms with Gasteiger partial charge in [0.05, 0.1) is 11.5 Å². The third-order valence-electron chi connectivity index (χ3n) is 3.42. The summed E-state index contributed by atoms with van der Waals surface area (Å²) in [6.07, 6.45) is 1.49. The maximum absolute atomic E-state index is 11.4. The Bertz CT molecular complexity index is 605. The molecule has 1 unspecified atom stereocenters. The average Bonchev–Trinajstić information content (AvgIpc) is 2.79. The predicted octanol–water partition coefficient (Wildman–Crippen LogP) is 1.85. The number of nitrogens with one attached hydrogen (secondary N) is 2. The summed E-state index contributed by atoms with van der Waals surface area (Å²) < 4.78 is 22.9. The highest BCUT2D eigenvalue weighted by atomic mass is 127. The van der Waals surface area contributed by atoms with Gasteiger partial charge in [0.1, 0.15) is 0 Å². The molecular weight excluding hydrogens is 437 g/mol. The largest absolute Gasteiger partial charge is 0.356 e. The van der Waals surface area contributed by atoms with Crippen molar-refractivity contribution < 1.29 is 8.42 Å². The lowest BCUT2D eigenvalue weighted by molar-refractivity contribution is 0.599. The molecule has 22 heavy (non-hydrogen) atoms. The molecule has 124 valence electrons. The van der Waals surface area contributed by atoms with Crippen molar-refractivity contribution in [3.8, 4) is 0 Å². The summed E-state index contributed by atoms with van der Waals surface area (Å²) in [5.74, 6) is 1.09. The first-order valence-corrected chi connectivity index (χ1v) is 9.10. The second kappa shape index (κ2) is 8.93. The van der Waals surface area contributed by atoms with Crippen molar-refractivity contribution in [3.63, 3.8) is 0 Å². The molecule has 0 spiro atoms. The van der Waals surface area contributed by atoms with Gasteiger partial charge in [-0.15, -0.1) is 24.0 Å². The molecule has 1 heterocycles. The zero-order valence-corrected chi connectivity index (χ0v) is 16.3. The van der Waals surface area contributed by atoms with E-state index in [4.69, 9.17) is 11.6 Å². The van der Waals surface area contributed by atoms with Crippen LogP contribution in [0.15, 0.2) is 29.3 Å². The summed E-state index contributed by atoms with van der Waals surface area (Å²) in [6.45, 7) is 0.723. The molecule has 1 aromatic rings. The van der Waals surface area contributed by atoms with Gasteiger partial charge >= 0.3 is 0 Å². The molecule has 1 aliphatic heterocycles. The Kier molecular flexibility index (Phi) is 7.92. The molecule has 5 nitrogen and oxygen atoms in total. The molecule has 8 heteroatoms. The van der Waals surface area contributed by atoms with Gasteiger partial charge in [-0.1, -0.05) is 23.7 Å². The zero-order chi connectivity index (χ0) is 15.3. The van der Waals surface area contributed by atoms with Crippen LogP contribution < -0.4 is 10.6 Å². The molecule has 1 fully saturated rings. The Hall–Kier alpha value is -0.540. The van der Waals surface area contributed by atoms with E-state index in [1.807, 2.05) is 24.3 Å². The lowest BCUT2D eigenvalue weighted by atomic mass is 10.1. The van der Waals surface area contributed by atoms with Crippen LogP contribution in [0.25, 0.3) is 0 Å². The quantitative estimate of drug-likeness (QED) is 0.411. The topological polar surface area (TPSA) is 70.6 Å². The molecule has 0 amide bonds. The molecule has 1 atom stereocenters. The van der Waals surface area contributed by atoms with Crippen LogP contribution in [0, 0.1) is 0 Å². The summed E-state index contributed by atoms with van der Waals surface area (Å²) in [5, 5.41) is 7.08. The van der Waals surface area contributed by atoms with Crippen molar-refractivity contribution >= 4 is 51.4 Å². The number of hydrogen-bond acceptors (Lipinski definition) is 3. The number of aliphatic imine (C=N–C) groups is 1. The lowest BCUT2D eigenvalue weighted by Crippen LogP contribution is -2.44. The number of hydrogen-bond donors (Lipinski definition) is 2. The molecule has 0 radical (unpaired) electrons. The Morgan fingerprint density at radius 3 is 2.59 bits per heavy atom. The Balaban J connectivity index is 0.00000242. The number of sulfone groups is 1. The Morgan fingerprint density at radius 2 is 2.05 bits per heavy atom. The van der Waals surface area contributed by atoms with Crippen molar-refractivity contribution in [2.75, 3.05) is 25.1 Å². The van der Waals surface area contributed by atoms with E-state index in [0.29, 0.717) is 12.4 Å². The second-order valence-electron chi connectivity index (χ2n) is 5.12. The van der Waals surface area contributed by atoms with E-state index in [-0.39, 0.29) is 41.5 Å². The van der Waals surface area contributed by atoms with Crippen molar-refractivity contribution in [2.45, 2.75) is 18.9 Å². The van der Waals surface area contributed by atoms with Crippen LogP contribution in [0.4, 0.5) is 0 Å². The minimum Gasteiger partial charge on any atom is -0.356 e. The molecule has 1 aliphatic rings. The highest BCUT2D eigenvalue weighted by Gasteiger charge is 2.28. The monoisotopic (exact) mass is 457 g/mol. The number of guanidine groups is 1. The van der Waals surface area contributed by atoms with Crippen molar-refractivity contribution in [3.05, 3.63) is 34.9 Å². The first-order chi connectivity index (χ1) is 9.98. The SMILES string of the molecule is CN=C(NCCc1ccc(Cl)cc1)NC1CCS(=O)(=O)C1.I. The van der Waals surface area contributed by atoms with Crippen LogP contribution in [0.5, 0.6) is 0 Å². The zero-order valence-electron chi connectivity index (χ0n) is 12.4. The predicted molar refractivity (Wildman–Crippen MR) is 102 cm³/mol. The number of halogens is 2. The number of rotatable bonds is 4. The molecule has 1 aromatic carbocycles. The van der Waals surface area contributed by atoms with Crippen LogP contribution in [0.2, 0.25) is 5.02 Å². The van der Waals surface area contributed by atoms with E-state index in [9.17, 15) is 8.42 Å². The van der Waals surface area contributed by atoms with Gasteiger partial charge in [-0.25, -0.2) is 8.42 Å². The van der Waals surface area contributed by atoms with E-state index in [0.717, 1.165) is 18.0 Å². The van der Waals surface area contributed by atoms with Crippen LogP contribution in [0.3, 0.4) is 0 Å². The summed E-state index contributed by atoms with van der Waals surface area (Å²) in [6, 6.07) is 7.67. The molecule has 0 aromatic heterocycles. The van der Waals surface area contributed by atoms with Gasteiger partial charge in [-0.2, -0.15) is 0 Å². The van der Waals surface area contributed by atoms with Crippen LogP contribution in [-0.2, 0) is 16.3 Å². The van der Waals surface area contributed by atoms with Gasteiger partial charge in [0.15, 0.2) is 15.8 Å². The molecule has 0 bridgehead atoms. The van der Waals surface area contributed by atoms with Crippen LogP contribution >= 0.6 is 35.6 Å². The fourth-order valence-corrected chi connectivity index (χ4v) is 4.07. The molecule has 1 saturated heterocycles. The molecule has 0 aliphatic carbocycles. The van der Waals surface area contributed by atoms with Gasteiger partial charge in [-0.05, 0) is 30.5 Å². The number of benzene rings is 1. The van der Waals surface area contributed by atoms with E-state index in [1.54, 1.807) is 7.05 Å². The minimum atomic E-state index is -2.87. The first kappa shape index (κ1) is 19.5. The van der Waals surface area contributed by atoms with Gasteiger partial charge in [-0.3, -0.25) is 4.99 Å². The number of nitrogens with zero attached hydrogens (tertiary/aromatic N) is 1. The highest BCUT2D eigenvalue weighted by Crippen LogP contribution is 2.11. The van der Waals surface area contributed by atoms with E-state index >= 15 is 0 Å². The summed E-state index contributed by atoms with van der Waals surface area (Å²) >= 11 is 5.84. The summed E-state index contributed by atoms with van der Waals surface area (Å²) in [7, 11) is -1.19. The standard InChI is InChI=1S/C14H20ClN3O2S.HI/c1-16-14(18-13-7-9-21(19,20)10-13)17-8-6-11-2-4-12(15)5-3-11;/h2-5,13H,6-10H2,1H3,(H2,16,17,18);1H. The molecule has 0 saturated carbocycles. The normalized spacial score (nSPS) is 20.3.